The van der Waals surface area contributed by atoms with E-state index in [-0.39, 0.29) is 6.03 Å². The first-order valence-electron chi connectivity index (χ1n) is 6.55. The molecule has 0 aliphatic carbocycles. The number of hydrogen-bond acceptors (Lipinski definition) is 4. The minimum Gasteiger partial charge on any atom is -0.497 e. The van der Waals surface area contributed by atoms with Crippen LogP contribution < -0.4 is 14.8 Å². The predicted octanol–water partition coefficient (Wildman–Crippen LogP) is 3.40. The quantitative estimate of drug-likeness (QED) is 0.645. The zero-order valence-corrected chi connectivity index (χ0v) is 12.6. The molecule has 0 saturated heterocycles. The van der Waals surface area contributed by atoms with Gasteiger partial charge in [-0.15, -0.1) is 0 Å². The van der Waals surface area contributed by atoms with Gasteiger partial charge in [0.2, 0.25) is 0 Å². The van der Waals surface area contributed by atoms with Gasteiger partial charge in [-0.05, 0) is 48.3 Å². The molecule has 0 spiro atoms. The molecule has 1 heterocycles. The number of rotatable bonds is 4. The summed E-state index contributed by atoms with van der Waals surface area (Å²) in [7, 11) is 1.61. The first-order valence-corrected chi connectivity index (χ1v) is 7.37. The van der Waals surface area contributed by atoms with Crippen molar-refractivity contribution >= 4 is 34.7 Å². The molecule has 3 N–H and O–H groups in total. The second kappa shape index (κ2) is 6.40. The number of carbonyl (C=O) groups excluding carboxylic acids is 1. The molecular formula is C15H14N4O2S. The first-order chi connectivity index (χ1) is 10.7. The number of nitrogens with one attached hydrogen (secondary N) is 3. The van der Waals surface area contributed by atoms with Gasteiger partial charge in [-0.1, -0.05) is 6.07 Å². The van der Waals surface area contributed by atoms with Gasteiger partial charge in [-0.3, -0.25) is 4.72 Å². The molecule has 0 aliphatic rings. The second-order valence-corrected chi connectivity index (χ2v) is 5.35. The van der Waals surface area contributed by atoms with Crippen molar-refractivity contribution in [2.45, 2.75) is 4.90 Å². The van der Waals surface area contributed by atoms with E-state index in [1.165, 1.54) is 11.9 Å². The smallest absolute Gasteiger partial charge is 0.329 e. The summed E-state index contributed by atoms with van der Waals surface area (Å²) in [4.78, 5) is 19.9. The molecule has 3 aromatic rings. The molecule has 112 valence electrons. The lowest BCUT2D eigenvalue weighted by Crippen LogP contribution is -2.22. The summed E-state index contributed by atoms with van der Waals surface area (Å²) < 4.78 is 7.87. The fourth-order valence-corrected chi connectivity index (χ4v) is 2.52. The molecule has 0 unspecified atom stereocenters. The molecule has 1 aromatic heterocycles. The maximum Gasteiger partial charge on any atom is 0.329 e. The summed E-state index contributed by atoms with van der Waals surface area (Å²) in [5, 5.41) is 2.77. The van der Waals surface area contributed by atoms with E-state index in [9.17, 15) is 4.79 Å². The van der Waals surface area contributed by atoms with Crippen LogP contribution in [0.1, 0.15) is 0 Å². The van der Waals surface area contributed by atoms with Gasteiger partial charge in [0.05, 0.1) is 24.5 Å². The zero-order valence-electron chi connectivity index (χ0n) is 11.8. The van der Waals surface area contributed by atoms with E-state index < -0.39 is 0 Å². The fourth-order valence-electron chi connectivity index (χ4n) is 1.94. The van der Waals surface area contributed by atoms with Crippen LogP contribution in [-0.4, -0.2) is 23.1 Å². The molecule has 6 nitrogen and oxygen atoms in total. The van der Waals surface area contributed by atoms with E-state index in [4.69, 9.17) is 4.74 Å². The van der Waals surface area contributed by atoms with Gasteiger partial charge in [-0.25, -0.2) is 9.78 Å². The molecule has 0 saturated carbocycles. The van der Waals surface area contributed by atoms with E-state index in [2.05, 4.69) is 20.0 Å². The number of nitrogens with zero attached hydrogens (tertiary/aromatic N) is 1. The van der Waals surface area contributed by atoms with Crippen molar-refractivity contribution in [1.82, 2.24) is 14.7 Å². The van der Waals surface area contributed by atoms with Crippen LogP contribution in [0.25, 0.3) is 11.0 Å². The average molecular weight is 314 g/mol. The molecule has 7 heteroatoms. The molecule has 2 aromatic carbocycles. The van der Waals surface area contributed by atoms with Crippen molar-refractivity contribution in [2.24, 2.45) is 0 Å². The highest BCUT2D eigenvalue weighted by Crippen LogP contribution is 2.21. The largest absolute Gasteiger partial charge is 0.497 e. The maximum absolute atomic E-state index is 11.9. The summed E-state index contributed by atoms with van der Waals surface area (Å²) in [6.45, 7) is 0. The van der Waals surface area contributed by atoms with E-state index in [1.54, 1.807) is 19.5 Å². The molecule has 0 fully saturated rings. The third-order valence-electron chi connectivity index (χ3n) is 2.98. The van der Waals surface area contributed by atoms with E-state index in [0.717, 1.165) is 21.7 Å². The summed E-state index contributed by atoms with van der Waals surface area (Å²) in [6.07, 6.45) is 1.62. The maximum atomic E-state index is 11.9. The van der Waals surface area contributed by atoms with Gasteiger partial charge in [0, 0.05) is 10.6 Å². The third kappa shape index (κ3) is 3.32. The average Bonchev–Trinajstić information content (AvgIpc) is 3.01. The number of carbonyl (C=O) groups is 1. The third-order valence-corrected chi connectivity index (χ3v) is 3.76. The molecule has 2 amide bonds. The number of H-pyrrole nitrogens is 1. The van der Waals surface area contributed by atoms with E-state index >= 15 is 0 Å². The molecule has 3 rings (SSSR count). The fraction of sp³-hybridized carbons (Fsp3) is 0.0667. The van der Waals surface area contributed by atoms with Gasteiger partial charge in [0.25, 0.3) is 0 Å². The minimum absolute atomic E-state index is 0.299. The Morgan fingerprint density at radius 3 is 3.05 bits per heavy atom. The lowest BCUT2D eigenvalue weighted by molar-refractivity contribution is 0.257. The minimum atomic E-state index is -0.299. The number of imidazole rings is 1. The van der Waals surface area contributed by atoms with Crippen LogP contribution in [0.3, 0.4) is 0 Å². The number of methoxy groups -OCH3 is 1. The van der Waals surface area contributed by atoms with Crippen LogP contribution in [0.5, 0.6) is 5.75 Å². The zero-order chi connectivity index (χ0) is 15.4. The van der Waals surface area contributed by atoms with E-state index in [1.807, 2.05) is 36.4 Å². The summed E-state index contributed by atoms with van der Waals surface area (Å²) in [5.74, 6) is 0.747. The number of aromatic amines is 1. The van der Waals surface area contributed by atoms with Crippen molar-refractivity contribution < 1.29 is 9.53 Å². The van der Waals surface area contributed by atoms with Crippen molar-refractivity contribution in [3.8, 4) is 5.75 Å². The van der Waals surface area contributed by atoms with Crippen molar-refractivity contribution in [1.29, 1.82) is 0 Å². The van der Waals surface area contributed by atoms with Crippen LogP contribution in [0.15, 0.2) is 53.7 Å². The number of amides is 2. The molecule has 0 bridgehead atoms. The Kier molecular flexibility index (Phi) is 4.15. The van der Waals surface area contributed by atoms with Crippen LogP contribution in [0.4, 0.5) is 10.5 Å². The van der Waals surface area contributed by atoms with Crippen molar-refractivity contribution in [2.75, 3.05) is 12.4 Å². The Morgan fingerprint density at radius 1 is 1.27 bits per heavy atom. The molecule has 0 aliphatic heterocycles. The Labute approximate surface area is 131 Å². The molecular weight excluding hydrogens is 300 g/mol. The van der Waals surface area contributed by atoms with Crippen molar-refractivity contribution in [3.05, 3.63) is 48.8 Å². The monoisotopic (exact) mass is 314 g/mol. The van der Waals surface area contributed by atoms with Gasteiger partial charge >= 0.3 is 6.03 Å². The second-order valence-electron chi connectivity index (χ2n) is 4.47. The summed E-state index contributed by atoms with van der Waals surface area (Å²) in [6, 6.07) is 12.6. The number of anilines is 1. The SMILES string of the molecule is COc1cccc(SNC(=O)Nc2ccc3nc[nH]c3c2)c1. The van der Waals surface area contributed by atoms with Gasteiger partial charge in [0.1, 0.15) is 5.75 Å². The van der Waals surface area contributed by atoms with Gasteiger partial charge in [-0.2, -0.15) is 0 Å². The normalized spacial score (nSPS) is 10.4. The topological polar surface area (TPSA) is 79.0 Å². The van der Waals surface area contributed by atoms with Crippen molar-refractivity contribution in [3.63, 3.8) is 0 Å². The number of ether oxygens (including phenoxy) is 1. The lowest BCUT2D eigenvalue weighted by atomic mass is 10.3. The van der Waals surface area contributed by atoms with Crippen LogP contribution >= 0.6 is 11.9 Å². The number of aromatic nitrogens is 2. The predicted molar refractivity (Wildman–Crippen MR) is 87.1 cm³/mol. The van der Waals surface area contributed by atoms with Crippen LogP contribution in [-0.2, 0) is 0 Å². The summed E-state index contributed by atoms with van der Waals surface area (Å²) >= 11 is 1.22. The highest BCUT2D eigenvalue weighted by atomic mass is 32.2. The molecule has 0 radical (unpaired) electrons. The van der Waals surface area contributed by atoms with Crippen LogP contribution in [0.2, 0.25) is 0 Å². The highest BCUT2D eigenvalue weighted by Gasteiger charge is 2.05. The summed E-state index contributed by atoms with van der Waals surface area (Å²) in [5.41, 5.74) is 2.43. The highest BCUT2D eigenvalue weighted by molar-refractivity contribution is 7.98. The lowest BCUT2D eigenvalue weighted by Gasteiger charge is -2.07. The van der Waals surface area contributed by atoms with Gasteiger partial charge < -0.3 is 15.0 Å². The molecule has 22 heavy (non-hydrogen) atoms. The van der Waals surface area contributed by atoms with Crippen LogP contribution in [0, 0.1) is 0 Å². The first kappa shape index (κ1) is 14.3. The van der Waals surface area contributed by atoms with Gasteiger partial charge in [0.15, 0.2) is 0 Å². The Hall–Kier alpha value is -2.67. The number of urea groups is 1. The standard InChI is InChI=1S/C15H14N4O2S/c1-21-11-3-2-4-12(8-11)22-19-15(20)18-10-5-6-13-14(7-10)17-9-16-13/h2-9H,1H3,(H,16,17)(H2,18,19,20). The van der Waals surface area contributed by atoms with E-state index in [0.29, 0.717) is 5.69 Å². The Balaban J connectivity index is 1.59. The molecule has 0 atom stereocenters. The Morgan fingerprint density at radius 2 is 2.18 bits per heavy atom. The number of benzene rings is 2. The Bertz CT molecular complexity index is 803. The number of fused-ring (bicyclic) bond motifs is 1. The number of hydrogen-bond donors (Lipinski definition) is 3.